The van der Waals surface area contributed by atoms with Crippen molar-refractivity contribution in [2.45, 2.75) is 28.8 Å². The second-order valence-corrected chi connectivity index (χ2v) is 8.47. The maximum Gasteiger partial charge on any atom is 0.252 e. The minimum Gasteiger partial charge on any atom is -0.348 e. The van der Waals surface area contributed by atoms with Gasteiger partial charge in [0.25, 0.3) is 5.91 Å². The van der Waals surface area contributed by atoms with E-state index in [1.165, 1.54) is 17.3 Å². The Hall–Kier alpha value is -3.07. The predicted octanol–water partition coefficient (Wildman–Crippen LogP) is 4.71. The number of hydrogen-bond donors (Lipinski definition) is 1. The van der Waals surface area contributed by atoms with E-state index in [2.05, 4.69) is 40.6 Å². The molecule has 4 rings (SSSR count). The molecule has 1 aliphatic rings. The van der Waals surface area contributed by atoms with Crippen LogP contribution in [0.25, 0.3) is 0 Å². The highest BCUT2D eigenvalue weighted by atomic mass is 32.2. The molecule has 1 N–H and O–H groups in total. The molecular formula is C25H23N3OS. The number of nitriles is 1. The summed E-state index contributed by atoms with van der Waals surface area (Å²) < 4.78 is 0. The van der Waals surface area contributed by atoms with Crippen LogP contribution in [-0.4, -0.2) is 29.9 Å². The molecule has 3 aromatic rings. The highest BCUT2D eigenvalue weighted by Gasteiger charge is 2.25. The van der Waals surface area contributed by atoms with Crippen LogP contribution in [0.2, 0.25) is 0 Å². The fourth-order valence-electron chi connectivity index (χ4n) is 3.71. The Morgan fingerprint density at radius 1 is 1.00 bits per heavy atom. The molecule has 3 aromatic carbocycles. The number of rotatable bonds is 6. The zero-order chi connectivity index (χ0) is 20.8. The van der Waals surface area contributed by atoms with Gasteiger partial charge < -0.3 is 5.32 Å². The van der Waals surface area contributed by atoms with Crippen molar-refractivity contribution in [2.24, 2.45) is 0 Å². The summed E-state index contributed by atoms with van der Waals surface area (Å²) in [6, 6.07) is 27.8. The van der Waals surface area contributed by atoms with Gasteiger partial charge in [-0.15, -0.1) is 0 Å². The van der Waals surface area contributed by atoms with Gasteiger partial charge >= 0.3 is 0 Å². The molecule has 0 radical (unpaired) electrons. The number of likely N-dealkylation sites (tertiary alicyclic amines) is 1. The summed E-state index contributed by atoms with van der Waals surface area (Å²) in [6.07, 6.45) is 0.950. The van der Waals surface area contributed by atoms with Gasteiger partial charge in [-0.1, -0.05) is 66.4 Å². The summed E-state index contributed by atoms with van der Waals surface area (Å²) in [5.41, 5.74) is 2.56. The molecule has 0 bridgehead atoms. The molecule has 1 aliphatic heterocycles. The van der Waals surface area contributed by atoms with E-state index in [-0.39, 0.29) is 11.9 Å². The minimum atomic E-state index is -0.0564. The van der Waals surface area contributed by atoms with Crippen molar-refractivity contribution in [2.75, 3.05) is 13.1 Å². The van der Waals surface area contributed by atoms with Gasteiger partial charge in [0.05, 0.1) is 11.1 Å². The van der Waals surface area contributed by atoms with E-state index < -0.39 is 0 Å². The van der Waals surface area contributed by atoms with Crippen molar-refractivity contribution in [3.8, 4) is 6.07 Å². The Kier molecular flexibility index (Phi) is 6.48. The lowest BCUT2D eigenvalue weighted by atomic mass is 10.2. The van der Waals surface area contributed by atoms with E-state index in [1.54, 1.807) is 6.07 Å². The minimum absolute atomic E-state index is 0.0564. The number of hydrogen-bond acceptors (Lipinski definition) is 4. The predicted molar refractivity (Wildman–Crippen MR) is 119 cm³/mol. The molecule has 30 heavy (non-hydrogen) atoms. The molecule has 4 nitrogen and oxygen atoms in total. The monoisotopic (exact) mass is 413 g/mol. The molecule has 1 saturated heterocycles. The summed E-state index contributed by atoms with van der Waals surface area (Å²) >= 11 is 1.46. The quantitative estimate of drug-likeness (QED) is 0.636. The van der Waals surface area contributed by atoms with Gasteiger partial charge in [0.1, 0.15) is 6.07 Å². The molecule has 0 aliphatic carbocycles. The topological polar surface area (TPSA) is 56.1 Å². The molecule has 1 atom stereocenters. The summed E-state index contributed by atoms with van der Waals surface area (Å²) in [4.78, 5) is 17.1. The van der Waals surface area contributed by atoms with Crippen LogP contribution in [0.4, 0.5) is 0 Å². The Balaban J connectivity index is 1.41. The van der Waals surface area contributed by atoms with Gasteiger partial charge in [0.2, 0.25) is 0 Å². The van der Waals surface area contributed by atoms with E-state index in [0.717, 1.165) is 35.8 Å². The SMILES string of the molecule is N#Cc1ccccc1Sc1ccccc1C(=O)N[C@H]1CCN(Cc2ccccc2)C1. The van der Waals surface area contributed by atoms with Gasteiger partial charge in [-0.3, -0.25) is 9.69 Å². The normalized spacial score (nSPS) is 16.2. The third kappa shape index (κ3) is 4.91. The average Bonchev–Trinajstić information content (AvgIpc) is 3.21. The van der Waals surface area contributed by atoms with E-state index >= 15 is 0 Å². The fourth-order valence-corrected chi connectivity index (χ4v) is 4.73. The van der Waals surface area contributed by atoms with Gasteiger partial charge in [-0.2, -0.15) is 5.26 Å². The molecule has 0 unspecified atom stereocenters. The van der Waals surface area contributed by atoms with E-state index in [0.29, 0.717) is 11.1 Å². The molecule has 5 heteroatoms. The van der Waals surface area contributed by atoms with Crippen molar-refractivity contribution >= 4 is 17.7 Å². The number of carbonyl (C=O) groups excluding carboxylic acids is 1. The largest absolute Gasteiger partial charge is 0.348 e. The summed E-state index contributed by atoms with van der Waals surface area (Å²) in [7, 11) is 0. The third-order valence-corrected chi connectivity index (χ3v) is 6.37. The van der Waals surface area contributed by atoms with Crippen LogP contribution in [0.1, 0.15) is 27.9 Å². The summed E-state index contributed by atoms with van der Waals surface area (Å²) in [5, 5.41) is 12.6. The zero-order valence-corrected chi connectivity index (χ0v) is 17.4. The first-order valence-electron chi connectivity index (χ1n) is 10.1. The first-order valence-corrected chi connectivity index (χ1v) is 10.9. The molecule has 0 saturated carbocycles. The van der Waals surface area contributed by atoms with Gasteiger partial charge in [-0.25, -0.2) is 0 Å². The second kappa shape index (κ2) is 9.62. The first-order chi connectivity index (χ1) is 14.7. The lowest BCUT2D eigenvalue weighted by molar-refractivity contribution is 0.0934. The number of carbonyl (C=O) groups is 1. The molecule has 1 heterocycles. The van der Waals surface area contributed by atoms with Crippen molar-refractivity contribution in [3.05, 3.63) is 95.6 Å². The van der Waals surface area contributed by atoms with Crippen LogP contribution < -0.4 is 5.32 Å². The molecule has 0 spiro atoms. The highest BCUT2D eigenvalue weighted by molar-refractivity contribution is 7.99. The lowest BCUT2D eigenvalue weighted by Crippen LogP contribution is -2.37. The Bertz CT molecular complexity index is 1060. The van der Waals surface area contributed by atoms with E-state index in [9.17, 15) is 10.1 Å². The third-order valence-electron chi connectivity index (χ3n) is 5.22. The van der Waals surface area contributed by atoms with Crippen LogP contribution in [0.3, 0.4) is 0 Å². The average molecular weight is 414 g/mol. The molecule has 150 valence electrons. The van der Waals surface area contributed by atoms with Crippen molar-refractivity contribution in [3.63, 3.8) is 0 Å². The second-order valence-electron chi connectivity index (χ2n) is 7.39. The van der Waals surface area contributed by atoms with Gasteiger partial charge in [0.15, 0.2) is 0 Å². The van der Waals surface area contributed by atoms with Crippen LogP contribution >= 0.6 is 11.8 Å². The number of benzene rings is 3. The van der Waals surface area contributed by atoms with Crippen molar-refractivity contribution in [1.82, 2.24) is 10.2 Å². The standard InChI is InChI=1S/C25H23N3OS/c26-16-20-10-4-6-12-23(20)30-24-13-7-5-11-22(24)25(29)27-21-14-15-28(18-21)17-19-8-2-1-3-9-19/h1-13,21H,14-15,17-18H2,(H,27,29)/t21-/m0/s1. The van der Waals surface area contributed by atoms with Crippen LogP contribution in [-0.2, 0) is 6.54 Å². The molecular weight excluding hydrogens is 390 g/mol. The van der Waals surface area contributed by atoms with Crippen molar-refractivity contribution < 1.29 is 4.79 Å². The van der Waals surface area contributed by atoms with Gasteiger partial charge in [-0.05, 0) is 36.2 Å². The van der Waals surface area contributed by atoms with E-state index in [1.807, 2.05) is 48.5 Å². The zero-order valence-electron chi connectivity index (χ0n) is 16.6. The number of nitrogens with one attached hydrogen (secondary N) is 1. The Morgan fingerprint density at radius 2 is 1.70 bits per heavy atom. The number of nitrogens with zero attached hydrogens (tertiary/aromatic N) is 2. The van der Waals surface area contributed by atoms with Gasteiger partial charge in [0, 0.05) is 35.5 Å². The van der Waals surface area contributed by atoms with Crippen LogP contribution in [0.15, 0.2) is 88.7 Å². The maximum atomic E-state index is 13.0. The summed E-state index contributed by atoms with van der Waals surface area (Å²) in [5.74, 6) is -0.0564. The first kappa shape index (κ1) is 20.2. The Labute approximate surface area is 181 Å². The molecule has 1 amide bonds. The van der Waals surface area contributed by atoms with E-state index in [4.69, 9.17) is 0 Å². The molecule has 0 aromatic heterocycles. The lowest BCUT2D eigenvalue weighted by Gasteiger charge is -2.17. The molecule has 1 fully saturated rings. The van der Waals surface area contributed by atoms with Crippen LogP contribution in [0.5, 0.6) is 0 Å². The van der Waals surface area contributed by atoms with Crippen molar-refractivity contribution in [1.29, 1.82) is 5.26 Å². The smallest absolute Gasteiger partial charge is 0.252 e. The Morgan fingerprint density at radius 3 is 2.50 bits per heavy atom. The fraction of sp³-hybridized carbons (Fsp3) is 0.200. The highest BCUT2D eigenvalue weighted by Crippen LogP contribution is 2.32. The maximum absolute atomic E-state index is 13.0. The summed E-state index contributed by atoms with van der Waals surface area (Å²) in [6.45, 7) is 2.74. The van der Waals surface area contributed by atoms with Crippen LogP contribution in [0, 0.1) is 11.3 Å². The number of amides is 1.